The van der Waals surface area contributed by atoms with Gasteiger partial charge in [0, 0.05) is 25.3 Å². The smallest absolute Gasteiger partial charge is 0.0414 e. The zero-order valence-corrected chi connectivity index (χ0v) is 11.8. The third-order valence-electron chi connectivity index (χ3n) is 4.08. The maximum Gasteiger partial charge on any atom is 0.0414 e. The molecule has 0 amide bonds. The molecule has 0 radical (unpaired) electrons. The number of anilines is 1. The number of hydrogen-bond acceptors (Lipinski definition) is 3. The maximum absolute atomic E-state index is 5.86. The Morgan fingerprint density at radius 2 is 2.00 bits per heavy atom. The second-order valence-corrected chi connectivity index (χ2v) is 5.48. The second-order valence-electron chi connectivity index (χ2n) is 5.48. The zero-order chi connectivity index (χ0) is 13.1. The Balaban J connectivity index is 2.17. The fraction of sp³-hybridized carbons (Fsp3) is 0.600. The van der Waals surface area contributed by atoms with Crippen LogP contribution in [-0.2, 0) is 6.54 Å². The summed E-state index contributed by atoms with van der Waals surface area (Å²) in [7, 11) is 4.41. The molecule has 1 fully saturated rings. The van der Waals surface area contributed by atoms with Crippen LogP contribution in [0.1, 0.15) is 24.0 Å². The molecular formula is C15H25N3. The van der Waals surface area contributed by atoms with Gasteiger partial charge in [-0.05, 0) is 57.1 Å². The Bertz CT molecular complexity index is 395. The van der Waals surface area contributed by atoms with Gasteiger partial charge in [-0.2, -0.15) is 0 Å². The molecule has 0 saturated carbocycles. The van der Waals surface area contributed by atoms with E-state index in [-0.39, 0.29) is 0 Å². The summed E-state index contributed by atoms with van der Waals surface area (Å²) in [6.45, 7) is 5.15. The number of likely N-dealkylation sites (tertiary alicyclic amines) is 1. The number of piperidine rings is 1. The van der Waals surface area contributed by atoms with Crippen molar-refractivity contribution in [3.8, 4) is 0 Å². The highest BCUT2D eigenvalue weighted by Crippen LogP contribution is 2.26. The van der Waals surface area contributed by atoms with Crippen molar-refractivity contribution in [1.29, 1.82) is 0 Å². The summed E-state index contributed by atoms with van der Waals surface area (Å²) in [5, 5.41) is 0. The largest absolute Gasteiger partial charge is 0.371 e. The van der Waals surface area contributed by atoms with Crippen molar-refractivity contribution in [3.05, 3.63) is 29.3 Å². The summed E-state index contributed by atoms with van der Waals surface area (Å²) in [6.07, 6.45) is 2.48. The molecule has 18 heavy (non-hydrogen) atoms. The zero-order valence-electron chi connectivity index (χ0n) is 11.8. The van der Waals surface area contributed by atoms with E-state index in [2.05, 4.69) is 49.0 Å². The summed E-state index contributed by atoms with van der Waals surface area (Å²) < 4.78 is 0. The number of benzene rings is 1. The monoisotopic (exact) mass is 247 g/mol. The minimum absolute atomic E-state index is 0.618. The SMILES string of the molecule is Cc1ccc(CN)c(N(C)C2CCN(C)CC2)c1. The van der Waals surface area contributed by atoms with Crippen LogP contribution < -0.4 is 10.6 Å². The number of nitrogens with zero attached hydrogens (tertiary/aromatic N) is 2. The van der Waals surface area contributed by atoms with Crippen molar-refractivity contribution < 1.29 is 0 Å². The molecule has 2 N–H and O–H groups in total. The molecule has 3 nitrogen and oxygen atoms in total. The first-order valence-electron chi connectivity index (χ1n) is 6.83. The molecule has 1 aliphatic rings. The lowest BCUT2D eigenvalue weighted by Gasteiger charge is -2.37. The third-order valence-corrected chi connectivity index (χ3v) is 4.08. The Labute approximate surface area is 111 Å². The highest BCUT2D eigenvalue weighted by molar-refractivity contribution is 5.55. The van der Waals surface area contributed by atoms with Gasteiger partial charge in [0.2, 0.25) is 0 Å². The average molecular weight is 247 g/mol. The van der Waals surface area contributed by atoms with Gasteiger partial charge in [0.15, 0.2) is 0 Å². The predicted octanol–water partition coefficient (Wildman–Crippen LogP) is 1.98. The fourth-order valence-electron chi connectivity index (χ4n) is 2.75. The van der Waals surface area contributed by atoms with Crippen LogP contribution in [0.5, 0.6) is 0 Å². The lowest BCUT2D eigenvalue weighted by Crippen LogP contribution is -2.42. The van der Waals surface area contributed by atoms with Gasteiger partial charge in [-0.15, -0.1) is 0 Å². The van der Waals surface area contributed by atoms with Crippen molar-refractivity contribution in [2.24, 2.45) is 5.73 Å². The molecule has 1 saturated heterocycles. The highest BCUT2D eigenvalue weighted by Gasteiger charge is 2.21. The van der Waals surface area contributed by atoms with Crippen LogP contribution in [0.2, 0.25) is 0 Å². The van der Waals surface area contributed by atoms with E-state index in [0.29, 0.717) is 12.6 Å². The molecule has 0 aliphatic carbocycles. The molecule has 1 aliphatic heterocycles. The van der Waals surface area contributed by atoms with Crippen LogP contribution in [0.4, 0.5) is 5.69 Å². The van der Waals surface area contributed by atoms with E-state index in [1.165, 1.54) is 42.7 Å². The van der Waals surface area contributed by atoms with Crippen molar-refractivity contribution >= 4 is 5.69 Å². The number of hydrogen-bond donors (Lipinski definition) is 1. The van der Waals surface area contributed by atoms with Crippen LogP contribution in [0.25, 0.3) is 0 Å². The molecule has 0 aromatic heterocycles. The van der Waals surface area contributed by atoms with Crippen molar-refractivity contribution in [2.75, 3.05) is 32.1 Å². The minimum Gasteiger partial charge on any atom is -0.371 e. The molecule has 1 aromatic carbocycles. The van der Waals surface area contributed by atoms with Crippen molar-refractivity contribution in [3.63, 3.8) is 0 Å². The maximum atomic E-state index is 5.86. The molecule has 1 aromatic rings. The topological polar surface area (TPSA) is 32.5 Å². The van der Waals surface area contributed by atoms with Gasteiger partial charge in [0.05, 0.1) is 0 Å². The van der Waals surface area contributed by atoms with E-state index in [0.717, 1.165) is 0 Å². The normalized spacial score (nSPS) is 18.0. The summed E-state index contributed by atoms with van der Waals surface area (Å²) in [6, 6.07) is 7.22. The second kappa shape index (κ2) is 5.72. The van der Waals surface area contributed by atoms with Crippen LogP contribution >= 0.6 is 0 Å². The van der Waals surface area contributed by atoms with E-state index in [4.69, 9.17) is 5.73 Å². The van der Waals surface area contributed by atoms with Crippen LogP contribution in [0.3, 0.4) is 0 Å². The van der Waals surface area contributed by atoms with E-state index >= 15 is 0 Å². The average Bonchev–Trinajstić information content (AvgIpc) is 2.39. The third kappa shape index (κ3) is 2.85. The number of rotatable bonds is 3. The van der Waals surface area contributed by atoms with Crippen LogP contribution in [0.15, 0.2) is 18.2 Å². The van der Waals surface area contributed by atoms with Crippen molar-refractivity contribution in [2.45, 2.75) is 32.4 Å². The molecule has 0 atom stereocenters. The lowest BCUT2D eigenvalue weighted by atomic mass is 10.0. The van der Waals surface area contributed by atoms with Gasteiger partial charge in [0.25, 0.3) is 0 Å². The van der Waals surface area contributed by atoms with E-state index in [9.17, 15) is 0 Å². The van der Waals surface area contributed by atoms with Gasteiger partial charge < -0.3 is 15.5 Å². The van der Waals surface area contributed by atoms with E-state index in [1.807, 2.05) is 0 Å². The lowest BCUT2D eigenvalue weighted by molar-refractivity contribution is 0.252. The van der Waals surface area contributed by atoms with E-state index < -0.39 is 0 Å². The predicted molar refractivity (Wildman–Crippen MR) is 78.0 cm³/mol. The van der Waals surface area contributed by atoms with Gasteiger partial charge in [0.1, 0.15) is 0 Å². The molecule has 0 unspecified atom stereocenters. The quantitative estimate of drug-likeness (QED) is 0.886. The number of aryl methyl sites for hydroxylation is 1. The van der Waals surface area contributed by atoms with Gasteiger partial charge in [-0.1, -0.05) is 12.1 Å². The molecule has 0 spiro atoms. The van der Waals surface area contributed by atoms with Crippen molar-refractivity contribution in [1.82, 2.24) is 4.90 Å². The Kier molecular flexibility index (Phi) is 4.25. The molecular weight excluding hydrogens is 222 g/mol. The van der Waals surface area contributed by atoms with Gasteiger partial charge in [-0.25, -0.2) is 0 Å². The Hall–Kier alpha value is -1.06. The first kappa shape index (κ1) is 13.4. The summed E-state index contributed by atoms with van der Waals surface area (Å²) in [5.74, 6) is 0. The van der Waals surface area contributed by atoms with E-state index in [1.54, 1.807) is 0 Å². The van der Waals surface area contributed by atoms with Gasteiger partial charge in [-0.3, -0.25) is 0 Å². The standard InChI is InChI=1S/C15H25N3/c1-12-4-5-13(11-16)15(10-12)18(3)14-6-8-17(2)9-7-14/h4-5,10,14H,6-9,11,16H2,1-3H3. The molecule has 3 heteroatoms. The van der Waals surface area contributed by atoms with Gasteiger partial charge >= 0.3 is 0 Å². The first-order valence-corrected chi connectivity index (χ1v) is 6.83. The molecule has 1 heterocycles. The molecule has 100 valence electrons. The minimum atomic E-state index is 0.618. The summed E-state index contributed by atoms with van der Waals surface area (Å²) in [4.78, 5) is 4.84. The summed E-state index contributed by atoms with van der Waals surface area (Å²) >= 11 is 0. The Morgan fingerprint density at radius 1 is 1.33 bits per heavy atom. The molecule has 2 rings (SSSR count). The summed E-state index contributed by atoms with van der Waals surface area (Å²) in [5.41, 5.74) is 9.73. The first-order chi connectivity index (χ1) is 8.61. The Morgan fingerprint density at radius 3 is 2.61 bits per heavy atom. The molecule has 0 bridgehead atoms. The van der Waals surface area contributed by atoms with Crippen LogP contribution in [0, 0.1) is 6.92 Å². The number of nitrogens with two attached hydrogens (primary N) is 1. The van der Waals surface area contributed by atoms with Crippen LogP contribution in [-0.4, -0.2) is 38.1 Å². The highest BCUT2D eigenvalue weighted by atomic mass is 15.2. The fourth-order valence-corrected chi connectivity index (χ4v) is 2.75.